The van der Waals surface area contributed by atoms with E-state index < -0.39 is 0 Å². The van der Waals surface area contributed by atoms with Crippen molar-refractivity contribution in [2.24, 2.45) is 7.05 Å². The van der Waals surface area contributed by atoms with Crippen molar-refractivity contribution in [2.75, 3.05) is 24.3 Å². The SMILES string of the molecule is COc1ccccc1NC(=O)CNc1cn(C)nc1C. The standard InChI is InChI=1S/C14H18N4O2/c1-10-12(9-18(2)17-10)15-8-14(19)16-11-6-4-5-7-13(11)20-3/h4-7,9,15H,8H2,1-3H3,(H,16,19). The van der Waals surface area contributed by atoms with Crippen molar-refractivity contribution in [3.05, 3.63) is 36.2 Å². The van der Waals surface area contributed by atoms with Crippen LogP contribution in [0.5, 0.6) is 5.75 Å². The molecule has 20 heavy (non-hydrogen) atoms. The number of ether oxygens (including phenoxy) is 1. The van der Waals surface area contributed by atoms with Gasteiger partial charge in [-0.2, -0.15) is 5.10 Å². The number of carbonyl (C=O) groups excluding carboxylic acids is 1. The van der Waals surface area contributed by atoms with Crippen LogP contribution in [-0.2, 0) is 11.8 Å². The number of hydrogen-bond donors (Lipinski definition) is 2. The van der Waals surface area contributed by atoms with Gasteiger partial charge < -0.3 is 15.4 Å². The summed E-state index contributed by atoms with van der Waals surface area (Å²) in [5.41, 5.74) is 2.37. The molecule has 0 atom stereocenters. The number of hydrogen-bond acceptors (Lipinski definition) is 4. The van der Waals surface area contributed by atoms with Crippen LogP contribution >= 0.6 is 0 Å². The number of nitrogens with zero attached hydrogens (tertiary/aromatic N) is 2. The number of para-hydroxylation sites is 2. The van der Waals surface area contributed by atoms with Crippen molar-refractivity contribution in [2.45, 2.75) is 6.92 Å². The lowest BCUT2D eigenvalue weighted by Crippen LogP contribution is -2.22. The molecule has 1 heterocycles. The summed E-state index contributed by atoms with van der Waals surface area (Å²) >= 11 is 0. The molecule has 1 amide bonds. The maximum atomic E-state index is 11.9. The largest absolute Gasteiger partial charge is 0.495 e. The zero-order valence-corrected chi connectivity index (χ0v) is 11.8. The molecule has 0 saturated heterocycles. The first-order chi connectivity index (χ1) is 9.60. The lowest BCUT2D eigenvalue weighted by atomic mass is 10.3. The number of amides is 1. The highest BCUT2D eigenvalue weighted by molar-refractivity contribution is 5.95. The molecule has 6 heteroatoms. The predicted molar refractivity (Wildman–Crippen MR) is 78.1 cm³/mol. The van der Waals surface area contributed by atoms with Crippen LogP contribution in [0.25, 0.3) is 0 Å². The first-order valence-electron chi connectivity index (χ1n) is 6.27. The summed E-state index contributed by atoms with van der Waals surface area (Å²) < 4.78 is 6.89. The van der Waals surface area contributed by atoms with E-state index in [0.29, 0.717) is 11.4 Å². The fourth-order valence-electron chi connectivity index (χ4n) is 1.89. The van der Waals surface area contributed by atoms with E-state index in [1.165, 1.54) is 0 Å². The number of benzene rings is 1. The average Bonchev–Trinajstić information content (AvgIpc) is 2.75. The maximum absolute atomic E-state index is 11.9. The number of methoxy groups -OCH3 is 1. The summed E-state index contributed by atoms with van der Waals surface area (Å²) in [5.74, 6) is 0.496. The van der Waals surface area contributed by atoms with E-state index in [9.17, 15) is 4.79 Å². The van der Waals surface area contributed by atoms with Crippen LogP contribution in [0.3, 0.4) is 0 Å². The minimum absolute atomic E-state index is 0.141. The second-order valence-electron chi connectivity index (χ2n) is 4.40. The average molecular weight is 274 g/mol. The Balaban J connectivity index is 1.94. The Morgan fingerprint density at radius 3 is 2.75 bits per heavy atom. The third kappa shape index (κ3) is 3.28. The lowest BCUT2D eigenvalue weighted by Gasteiger charge is -2.10. The van der Waals surface area contributed by atoms with Crippen molar-refractivity contribution in [1.29, 1.82) is 0 Å². The minimum atomic E-state index is -0.141. The van der Waals surface area contributed by atoms with Crippen LogP contribution in [-0.4, -0.2) is 29.3 Å². The van der Waals surface area contributed by atoms with E-state index >= 15 is 0 Å². The summed E-state index contributed by atoms with van der Waals surface area (Å²) in [6.45, 7) is 2.06. The van der Waals surface area contributed by atoms with Gasteiger partial charge in [-0.3, -0.25) is 9.48 Å². The number of carbonyl (C=O) groups is 1. The van der Waals surface area contributed by atoms with E-state index in [2.05, 4.69) is 15.7 Å². The Morgan fingerprint density at radius 1 is 1.35 bits per heavy atom. The van der Waals surface area contributed by atoms with Crippen molar-refractivity contribution in [1.82, 2.24) is 9.78 Å². The number of rotatable bonds is 5. The summed E-state index contributed by atoms with van der Waals surface area (Å²) in [5, 5.41) is 10.1. The normalized spacial score (nSPS) is 10.2. The molecule has 2 rings (SSSR count). The number of nitrogens with one attached hydrogen (secondary N) is 2. The van der Waals surface area contributed by atoms with Gasteiger partial charge in [-0.25, -0.2) is 0 Å². The third-order valence-electron chi connectivity index (χ3n) is 2.83. The van der Waals surface area contributed by atoms with Gasteiger partial charge in [0.2, 0.25) is 5.91 Å². The molecule has 0 unspecified atom stereocenters. The van der Waals surface area contributed by atoms with Crippen LogP contribution in [0.4, 0.5) is 11.4 Å². The van der Waals surface area contributed by atoms with Crippen molar-refractivity contribution in [3.63, 3.8) is 0 Å². The van der Waals surface area contributed by atoms with E-state index in [0.717, 1.165) is 11.4 Å². The summed E-state index contributed by atoms with van der Waals surface area (Å²) in [4.78, 5) is 11.9. The van der Waals surface area contributed by atoms with Crippen LogP contribution in [0, 0.1) is 6.92 Å². The molecule has 0 aliphatic heterocycles. The topological polar surface area (TPSA) is 68.2 Å². The molecule has 2 aromatic rings. The molecular weight excluding hydrogens is 256 g/mol. The smallest absolute Gasteiger partial charge is 0.243 e. The lowest BCUT2D eigenvalue weighted by molar-refractivity contribution is -0.114. The van der Waals surface area contributed by atoms with Gasteiger partial charge in [0.15, 0.2) is 0 Å². The first kappa shape index (κ1) is 13.9. The van der Waals surface area contributed by atoms with Gasteiger partial charge >= 0.3 is 0 Å². The highest BCUT2D eigenvalue weighted by Crippen LogP contribution is 2.22. The molecule has 0 bridgehead atoms. The molecule has 0 aliphatic rings. The fraction of sp³-hybridized carbons (Fsp3) is 0.286. The molecule has 0 radical (unpaired) electrons. The molecule has 2 N–H and O–H groups in total. The highest BCUT2D eigenvalue weighted by atomic mass is 16.5. The molecule has 106 valence electrons. The van der Waals surface area contributed by atoms with Crippen LogP contribution < -0.4 is 15.4 Å². The van der Waals surface area contributed by atoms with E-state index in [4.69, 9.17) is 4.74 Å². The van der Waals surface area contributed by atoms with Crippen molar-refractivity contribution >= 4 is 17.3 Å². The Kier molecular flexibility index (Phi) is 4.24. The van der Waals surface area contributed by atoms with Gasteiger partial charge in [-0.15, -0.1) is 0 Å². The molecule has 0 aliphatic carbocycles. The molecule has 1 aromatic carbocycles. The molecule has 1 aromatic heterocycles. The Labute approximate surface area is 117 Å². The number of anilines is 2. The van der Waals surface area contributed by atoms with Crippen LogP contribution in [0.15, 0.2) is 30.5 Å². The Bertz CT molecular complexity index is 607. The molecular formula is C14H18N4O2. The summed E-state index contributed by atoms with van der Waals surface area (Å²) in [7, 11) is 3.41. The van der Waals surface area contributed by atoms with Gasteiger partial charge in [0.05, 0.1) is 30.7 Å². The highest BCUT2D eigenvalue weighted by Gasteiger charge is 2.08. The molecule has 0 saturated carbocycles. The second kappa shape index (κ2) is 6.10. The van der Waals surface area contributed by atoms with E-state index in [1.807, 2.05) is 32.3 Å². The first-order valence-corrected chi connectivity index (χ1v) is 6.27. The van der Waals surface area contributed by atoms with Gasteiger partial charge in [-0.05, 0) is 19.1 Å². The van der Waals surface area contributed by atoms with Gasteiger partial charge in [0.1, 0.15) is 5.75 Å². The summed E-state index contributed by atoms with van der Waals surface area (Å²) in [6.07, 6.45) is 1.84. The minimum Gasteiger partial charge on any atom is -0.495 e. The quantitative estimate of drug-likeness (QED) is 0.872. The molecule has 6 nitrogen and oxygen atoms in total. The van der Waals surface area contributed by atoms with Gasteiger partial charge in [0.25, 0.3) is 0 Å². The zero-order chi connectivity index (χ0) is 14.5. The zero-order valence-electron chi connectivity index (χ0n) is 11.8. The predicted octanol–water partition coefficient (Wildman–Crippen LogP) is 1.79. The number of aromatic nitrogens is 2. The van der Waals surface area contributed by atoms with E-state index in [1.54, 1.807) is 23.9 Å². The van der Waals surface area contributed by atoms with Gasteiger partial charge in [0, 0.05) is 13.2 Å². The maximum Gasteiger partial charge on any atom is 0.243 e. The number of aryl methyl sites for hydroxylation is 2. The monoisotopic (exact) mass is 274 g/mol. The van der Waals surface area contributed by atoms with Crippen molar-refractivity contribution < 1.29 is 9.53 Å². The van der Waals surface area contributed by atoms with Crippen LogP contribution in [0.1, 0.15) is 5.69 Å². The second-order valence-corrected chi connectivity index (χ2v) is 4.40. The Hall–Kier alpha value is -2.50. The van der Waals surface area contributed by atoms with Gasteiger partial charge in [-0.1, -0.05) is 12.1 Å². The molecule has 0 fully saturated rings. The van der Waals surface area contributed by atoms with Crippen LogP contribution in [0.2, 0.25) is 0 Å². The third-order valence-corrected chi connectivity index (χ3v) is 2.83. The Morgan fingerprint density at radius 2 is 2.10 bits per heavy atom. The summed E-state index contributed by atoms with van der Waals surface area (Å²) in [6, 6.07) is 7.29. The molecule has 0 spiro atoms. The van der Waals surface area contributed by atoms with Crippen molar-refractivity contribution in [3.8, 4) is 5.75 Å². The fourth-order valence-corrected chi connectivity index (χ4v) is 1.89. The van der Waals surface area contributed by atoms with E-state index in [-0.39, 0.29) is 12.5 Å².